The van der Waals surface area contributed by atoms with Gasteiger partial charge in [0.2, 0.25) is 0 Å². The second-order valence-corrected chi connectivity index (χ2v) is 8.48. The molecule has 0 saturated carbocycles. The van der Waals surface area contributed by atoms with Gasteiger partial charge in [-0.25, -0.2) is 22.5 Å². The third kappa shape index (κ3) is 4.98. The van der Waals surface area contributed by atoms with E-state index in [1.165, 1.54) is 36.4 Å². The number of aromatic nitrogens is 3. The minimum Gasteiger partial charge on any atom is -0.348 e. The predicted octanol–water partition coefficient (Wildman–Crippen LogP) is 3.14. The molecule has 0 aliphatic heterocycles. The molecule has 0 spiro atoms. The molecule has 0 aliphatic carbocycles. The summed E-state index contributed by atoms with van der Waals surface area (Å²) in [7, 11) is -3.86. The Hall–Kier alpha value is -4.05. The van der Waals surface area contributed by atoms with Crippen molar-refractivity contribution in [2.45, 2.75) is 11.4 Å². The van der Waals surface area contributed by atoms with E-state index in [1.807, 2.05) is 6.07 Å². The summed E-state index contributed by atoms with van der Waals surface area (Å²) in [5.41, 5.74) is 1.47. The molecule has 2 aromatic heterocycles. The highest BCUT2D eigenvalue weighted by molar-refractivity contribution is 7.92. The highest BCUT2D eigenvalue weighted by Gasteiger charge is 2.14. The van der Waals surface area contributed by atoms with Crippen LogP contribution in [0.1, 0.15) is 15.9 Å². The van der Waals surface area contributed by atoms with Crippen LogP contribution in [0.2, 0.25) is 0 Å². The van der Waals surface area contributed by atoms with Gasteiger partial charge in [-0.1, -0.05) is 6.07 Å². The summed E-state index contributed by atoms with van der Waals surface area (Å²) in [6.45, 7) is 0.282. The number of benzene rings is 2. The average Bonchev–Trinajstić information content (AvgIpc) is 3.33. The molecular weight excluding hydrogens is 433 g/mol. The number of carbonyl (C=O) groups excluding carboxylic acids is 1. The van der Waals surface area contributed by atoms with Crippen LogP contribution in [0.4, 0.5) is 10.1 Å². The Morgan fingerprint density at radius 1 is 1.00 bits per heavy atom. The maximum atomic E-state index is 13.0. The van der Waals surface area contributed by atoms with Gasteiger partial charge in [0.1, 0.15) is 5.82 Å². The van der Waals surface area contributed by atoms with Gasteiger partial charge in [0.25, 0.3) is 15.9 Å². The van der Waals surface area contributed by atoms with Crippen LogP contribution in [-0.4, -0.2) is 29.1 Å². The van der Waals surface area contributed by atoms with E-state index in [1.54, 1.807) is 35.4 Å². The van der Waals surface area contributed by atoms with Gasteiger partial charge in [-0.3, -0.25) is 9.52 Å². The van der Waals surface area contributed by atoms with Crippen molar-refractivity contribution >= 4 is 21.6 Å². The van der Waals surface area contributed by atoms with E-state index in [2.05, 4.69) is 20.1 Å². The van der Waals surface area contributed by atoms with E-state index in [0.717, 1.165) is 17.7 Å². The Balaban J connectivity index is 1.35. The van der Waals surface area contributed by atoms with Crippen molar-refractivity contribution in [1.29, 1.82) is 0 Å². The van der Waals surface area contributed by atoms with Crippen molar-refractivity contribution < 1.29 is 17.6 Å². The third-order valence-corrected chi connectivity index (χ3v) is 5.92. The first-order valence-corrected chi connectivity index (χ1v) is 11.0. The Morgan fingerprint density at radius 2 is 1.75 bits per heavy atom. The largest absolute Gasteiger partial charge is 0.348 e. The van der Waals surface area contributed by atoms with Gasteiger partial charge in [0.15, 0.2) is 5.82 Å². The van der Waals surface area contributed by atoms with Gasteiger partial charge in [-0.05, 0) is 66.2 Å². The molecule has 162 valence electrons. The van der Waals surface area contributed by atoms with Gasteiger partial charge in [-0.15, -0.1) is 0 Å². The molecule has 2 aromatic carbocycles. The normalized spacial score (nSPS) is 11.2. The van der Waals surface area contributed by atoms with Crippen LogP contribution >= 0.6 is 0 Å². The zero-order valence-electron chi connectivity index (χ0n) is 16.6. The zero-order valence-corrected chi connectivity index (χ0v) is 17.5. The van der Waals surface area contributed by atoms with Crippen molar-refractivity contribution in [2.24, 2.45) is 0 Å². The Kier molecular flexibility index (Phi) is 5.95. The highest BCUT2D eigenvalue weighted by Crippen LogP contribution is 2.17. The number of anilines is 1. The number of hydrogen-bond acceptors (Lipinski definition) is 5. The number of pyridine rings is 1. The Bertz CT molecular complexity index is 1310. The number of hydrogen-bond donors (Lipinski definition) is 2. The molecule has 0 unspecified atom stereocenters. The predicted molar refractivity (Wildman–Crippen MR) is 116 cm³/mol. The molecule has 0 radical (unpaired) electrons. The van der Waals surface area contributed by atoms with Crippen molar-refractivity contribution in [2.75, 3.05) is 4.72 Å². The lowest BCUT2D eigenvalue weighted by Gasteiger charge is -2.09. The molecule has 8 nitrogen and oxygen atoms in total. The van der Waals surface area contributed by atoms with Crippen molar-refractivity contribution in [3.63, 3.8) is 0 Å². The molecule has 32 heavy (non-hydrogen) atoms. The minimum absolute atomic E-state index is 0.0621. The number of carbonyl (C=O) groups is 1. The van der Waals surface area contributed by atoms with Crippen LogP contribution in [-0.2, 0) is 16.6 Å². The fourth-order valence-electron chi connectivity index (χ4n) is 2.86. The molecule has 0 fully saturated rings. The summed E-state index contributed by atoms with van der Waals surface area (Å²) in [6, 6.07) is 15.9. The van der Waals surface area contributed by atoms with Crippen LogP contribution in [0.3, 0.4) is 0 Å². The lowest BCUT2D eigenvalue weighted by atomic mass is 10.2. The van der Waals surface area contributed by atoms with E-state index in [4.69, 9.17) is 0 Å². The Morgan fingerprint density at radius 3 is 2.38 bits per heavy atom. The second-order valence-electron chi connectivity index (χ2n) is 6.79. The molecule has 4 rings (SSSR count). The van der Waals surface area contributed by atoms with Crippen LogP contribution in [0, 0.1) is 5.82 Å². The quantitative estimate of drug-likeness (QED) is 0.449. The summed E-state index contributed by atoms with van der Waals surface area (Å²) in [4.78, 5) is 16.7. The minimum atomic E-state index is -3.86. The summed E-state index contributed by atoms with van der Waals surface area (Å²) in [6.07, 6.45) is 5.10. The summed E-state index contributed by atoms with van der Waals surface area (Å²) < 4.78 is 41.8. The average molecular weight is 451 g/mol. The summed E-state index contributed by atoms with van der Waals surface area (Å²) in [5, 5.41) is 6.90. The fraction of sp³-hybridized carbons (Fsp3) is 0.0455. The van der Waals surface area contributed by atoms with Crippen LogP contribution in [0.15, 0.2) is 90.2 Å². The molecule has 4 aromatic rings. The van der Waals surface area contributed by atoms with Crippen LogP contribution < -0.4 is 10.0 Å². The molecule has 1 amide bonds. The molecule has 0 aliphatic rings. The monoisotopic (exact) mass is 451 g/mol. The Labute approximate surface area is 183 Å². The van der Waals surface area contributed by atoms with Crippen LogP contribution in [0.25, 0.3) is 5.82 Å². The maximum Gasteiger partial charge on any atom is 0.261 e. The molecule has 0 bridgehead atoms. The number of nitrogens with one attached hydrogen (secondary N) is 2. The van der Waals surface area contributed by atoms with E-state index in [0.29, 0.717) is 11.4 Å². The van der Waals surface area contributed by atoms with Gasteiger partial charge >= 0.3 is 0 Å². The molecule has 2 N–H and O–H groups in total. The molecular formula is C22H18FN5O3S. The van der Waals surface area contributed by atoms with Crippen molar-refractivity contribution in [1.82, 2.24) is 20.1 Å². The number of amides is 1. The van der Waals surface area contributed by atoms with Gasteiger partial charge in [0, 0.05) is 36.4 Å². The van der Waals surface area contributed by atoms with E-state index in [9.17, 15) is 17.6 Å². The SMILES string of the molecule is O=C(NCc1ccc(-n2cccn2)nc1)c1ccc(NS(=O)(=O)c2ccc(F)cc2)cc1. The lowest BCUT2D eigenvalue weighted by Crippen LogP contribution is -2.23. The highest BCUT2D eigenvalue weighted by atomic mass is 32.2. The maximum absolute atomic E-state index is 13.0. The molecule has 0 saturated heterocycles. The molecule has 10 heteroatoms. The zero-order chi connectivity index (χ0) is 22.6. The summed E-state index contributed by atoms with van der Waals surface area (Å²) >= 11 is 0. The van der Waals surface area contributed by atoms with E-state index < -0.39 is 15.8 Å². The van der Waals surface area contributed by atoms with Crippen LogP contribution in [0.5, 0.6) is 0 Å². The fourth-order valence-corrected chi connectivity index (χ4v) is 3.92. The molecule has 2 heterocycles. The summed E-state index contributed by atoms with van der Waals surface area (Å²) in [5.74, 6) is -0.165. The lowest BCUT2D eigenvalue weighted by molar-refractivity contribution is 0.0951. The van der Waals surface area contributed by atoms with Gasteiger partial charge < -0.3 is 5.32 Å². The third-order valence-electron chi connectivity index (χ3n) is 4.52. The van der Waals surface area contributed by atoms with E-state index >= 15 is 0 Å². The number of halogens is 1. The van der Waals surface area contributed by atoms with Crippen molar-refractivity contribution in [3.8, 4) is 5.82 Å². The van der Waals surface area contributed by atoms with E-state index in [-0.39, 0.29) is 23.0 Å². The standard InChI is InChI=1S/C22H18FN5O3S/c23-18-5-9-20(10-6-18)32(30,31)27-19-7-3-17(4-8-19)22(29)25-15-16-2-11-21(24-14-16)28-13-1-12-26-28/h1-14,27H,15H2,(H,25,29). The first-order valence-electron chi connectivity index (χ1n) is 9.52. The first-order chi connectivity index (χ1) is 15.4. The second kappa shape index (κ2) is 8.98. The number of nitrogens with zero attached hydrogens (tertiary/aromatic N) is 3. The first kappa shape index (κ1) is 21.2. The topological polar surface area (TPSA) is 106 Å². The number of sulfonamides is 1. The number of rotatable bonds is 7. The van der Waals surface area contributed by atoms with Crippen molar-refractivity contribution in [3.05, 3.63) is 102 Å². The van der Waals surface area contributed by atoms with Gasteiger partial charge in [-0.2, -0.15) is 5.10 Å². The van der Waals surface area contributed by atoms with Gasteiger partial charge in [0.05, 0.1) is 4.90 Å². The smallest absolute Gasteiger partial charge is 0.261 e. The molecule has 0 atom stereocenters.